The molecule has 132 valence electrons. The molecule has 0 radical (unpaired) electrons. The molecule has 2 aliphatic heterocycles. The summed E-state index contributed by atoms with van der Waals surface area (Å²) in [5, 5.41) is 0. The van der Waals surface area contributed by atoms with Crippen LogP contribution in [0.25, 0.3) is 0 Å². The lowest BCUT2D eigenvalue weighted by molar-refractivity contribution is -0.139. The number of piperazine rings is 1. The lowest BCUT2D eigenvalue weighted by atomic mass is 9.98. The number of amides is 3. The van der Waals surface area contributed by atoms with Gasteiger partial charge in [0.05, 0.1) is 17.8 Å². The molecule has 2 rings (SSSR count). The minimum absolute atomic E-state index is 0.0766. The highest BCUT2D eigenvalue weighted by Crippen LogP contribution is 2.23. The zero-order valence-electron chi connectivity index (χ0n) is 14.3. The van der Waals surface area contributed by atoms with Gasteiger partial charge in [-0.2, -0.15) is 4.31 Å². The summed E-state index contributed by atoms with van der Waals surface area (Å²) >= 11 is 0. The van der Waals surface area contributed by atoms with E-state index in [0.717, 1.165) is 0 Å². The molecular weight excluding hydrogens is 320 g/mol. The zero-order chi connectivity index (χ0) is 17.4. The topological polar surface area (TPSA) is 81.2 Å². The minimum atomic E-state index is -3.28. The molecule has 3 amide bonds. The summed E-state index contributed by atoms with van der Waals surface area (Å²) < 4.78 is 25.0. The summed E-state index contributed by atoms with van der Waals surface area (Å²) in [5.74, 6) is -0.0770. The molecule has 0 aromatic rings. The van der Waals surface area contributed by atoms with Gasteiger partial charge in [0.15, 0.2) is 0 Å². The number of hydrogen-bond acceptors (Lipinski definition) is 4. The molecule has 2 aliphatic rings. The van der Waals surface area contributed by atoms with Crippen molar-refractivity contribution >= 4 is 22.0 Å². The van der Waals surface area contributed by atoms with Gasteiger partial charge in [0, 0.05) is 40.3 Å². The predicted molar refractivity (Wildman–Crippen MR) is 86.4 cm³/mol. The predicted octanol–water partition coefficient (Wildman–Crippen LogP) is -0.374. The van der Waals surface area contributed by atoms with Crippen LogP contribution in [0.5, 0.6) is 0 Å². The van der Waals surface area contributed by atoms with Crippen molar-refractivity contribution in [3.63, 3.8) is 0 Å². The molecule has 23 heavy (non-hydrogen) atoms. The third-order valence-corrected chi connectivity index (χ3v) is 6.27. The monoisotopic (exact) mass is 346 g/mol. The maximum absolute atomic E-state index is 12.6. The summed E-state index contributed by atoms with van der Waals surface area (Å²) in [6.07, 6.45) is 0.574. The van der Waals surface area contributed by atoms with Gasteiger partial charge in [0.2, 0.25) is 15.9 Å². The van der Waals surface area contributed by atoms with E-state index in [1.807, 2.05) is 13.8 Å². The van der Waals surface area contributed by atoms with Gasteiger partial charge in [-0.15, -0.1) is 0 Å². The molecule has 0 aromatic carbocycles. The van der Waals surface area contributed by atoms with E-state index in [2.05, 4.69) is 0 Å². The summed E-state index contributed by atoms with van der Waals surface area (Å²) in [7, 11) is 0.120. The third kappa shape index (κ3) is 3.77. The highest BCUT2D eigenvalue weighted by Gasteiger charge is 2.40. The van der Waals surface area contributed by atoms with Crippen molar-refractivity contribution in [3.05, 3.63) is 0 Å². The van der Waals surface area contributed by atoms with Crippen molar-refractivity contribution in [2.75, 3.05) is 52.6 Å². The van der Waals surface area contributed by atoms with Crippen molar-refractivity contribution in [3.8, 4) is 0 Å². The van der Waals surface area contributed by atoms with Crippen LogP contribution in [-0.4, -0.2) is 97.5 Å². The molecule has 2 fully saturated rings. The van der Waals surface area contributed by atoms with Crippen molar-refractivity contribution in [2.45, 2.75) is 25.8 Å². The molecule has 0 aliphatic carbocycles. The van der Waals surface area contributed by atoms with Crippen LogP contribution in [-0.2, 0) is 14.8 Å². The summed E-state index contributed by atoms with van der Waals surface area (Å²) in [6, 6.07) is -0.0766. The molecule has 2 heterocycles. The van der Waals surface area contributed by atoms with Gasteiger partial charge in [-0.25, -0.2) is 13.2 Å². The largest absolute Gasteiger partial charge is 0.333 e. The second-order valence-corrected chi connectivity index (χ2v) is 9.05. The Morgan fingerprint density at radius 2 is 1.78 bits per heavy atom. The fraction of sp³-hybridized carbons (Fsp3) is 0.857. The van der Waals surface area contributed by atoms with Crippen molar-refractivity contribution in [2.24, 2.45) is 0 Å². The maximum atomic E-state index is 12.6. The van der Waals surface area contributed by atoms with Crippen molar-refractivity contribution < 1.29 is 18.0 Å². The quantitative estimate of drug-likeness (QED) is 0.683. The van der Waals surface area contributed by atoms with Gasteiger partial charge in [-0.05, 0) is 20.3 Å². The normalized spacial score (nSPS) is 23.8. The number of sulfonamides is 1. The first kappa shape index (κ1) is 18.0. The molecule has 0 spiro atoms. The summed E-state index contributed by atoms with van der Waals surface area (Å²) in [4.78, 5) is 29.6. The number of carbonyl (C=O) groups is 2. The molecule has 0 saturated carbocycles. The van der Waals surface area contributed by atoms with E-state index >= 15 is 0 Å². The molecule has 0 aromatic heterocycles. The first-order valence-electron chi connectivity index (χ1n) is 7.79. The van der Waals surface area contributed by atoms with E-state index in [1.165, 1.54) is 9.21 Å². The third-order valence-electron chi connectivity index (χ3n) is 4.37. The Morgan fingerprint density at radius 3 is 2.26 bits per heavy atom. The Kier molecular flexibility index (Phi) is 4.91. The van der Waals surface area contributed by atoms with Gasteiger partial charge in [0.1, 0.15) is 0 Å². The fourth-order valence-corrected chi connectivity index (χ4v) is 4.63. The van der Waals surface area contributed by atoms with Crippen molar-refractivity contribution in [1.82, 2.24) is 19.0 Å². The van der Waals surface area contributed by atoms with Gasteiger partial charge < -0.3 is 14.7 Å². The Labute approximate surface area is 138 Å². The molecule has 2 saturated heterocycles. The molecule has 8 nitrogen and oxygen atoms in total. The second kappa shape index (κ2) is 6.27. The van der Waals surface area contributed by atoms with Crippen LogP contribution in [0.4, 0.5) is 4.79 Å². The van der Waals surface area contributed by atoms with Gasteiger partial charge >= 0.3 is 6.03 Å². The maximum Gasteiger partial charge on any atom is 0.319 e. The van der Waals surface area contributed by atoms with E-state index in [4.69, 9.17) is 0 Å². The molecule has 0 unspecified atom stereocenters. The lowest BCUT2D eigenvalue weighted by Gasteiger charge is -2.47. The lowest BCUT2D eigenvalue weighted by Crippen LogP contribution is -2.64. The molecule has 0 N–H and O–H groups in total. The van der Waals surface area contributed by atoms with E-state index in [1.54, 1.807) is 23.9 Å². The van der Waals surface area contributed by atoms with E-state index in [9.17, 15) is 18.0 Å². The Bertz CT molecular complexity index is 588. The zero-order valence-corrected chi connectivity index (χ0v) is 15.1. The molecular formula is C14H26N4O4S. The first-order chi connectivity index (χ1) is 10.5. The second-order valence-electron chi connectivity index (χ2n) is 6.96. The van der Waals surface area contributed by atoms with E-state index in [0.29, 0.717) is 32.6 Å². The summed E-state index contributed by atoms with van der Waals surface area (Å²) in [6.45, 7) is 5.42. The van der Waals surface area contributed by atoms with Crippen LogP contribution in [0, 0.1) is 0 Å². The SMILES string of the molecule is CN(C)C(=O)N1CCN(C(=O)CN2CCCS2(=O)=O)C(C)(C)C1. The smallest absolute Gasteiger partial charge is 0.319 e. The minimum Gasteiger partial charge on any atom is -0.333 e. The van der Waals surface area contributed by atoms with Crippen LogP contribution >= 0.6 is 0 Å². The Morgan fingerprint density at radius 1 is 1.13 bits per heavy atom. The number of carbonyl (C=O) groups excluding carboxylic acids is 2. The Balaban J connectivity index is 2.03. The van der Waals surface area contributed by atoms with E-state index in [-0.39, 0.29) is 24.2 Å². The first-order valence-corrected chi connectivity index (χ1v) is 9.40. The number of hydrogen-bond donors (Lipinski definition) is 0. The Hall–Kier alpha value is -1.35. The van der Waals surface area contributed by atoms with E-state index < -0.39 is 15.6 Å². The van der Waals surface area contributed by atoms with Gasteiger partial charge in [-0.1, -0.05) is 0 Å². The molecule has 0 atom stereocenters. The average Bonchev–Trinajstić information content (AvgIpc) is 2.75. The standard InChI is InChI=1S/C14H26N4O4S/c1-14(2)11-16(13(20)15(3)4)7-8-18(14)12(19)10-17-6-5-9-23(17,21)22/h5-11H2,1-4H3. The van der Waals surface area contributed by atoms with Gasteiger partial charge in [0.25, 0.3) is 0 Å². The molecule has 9 heteroatoms. The highest BCUT2D eigenvalue weighted by molar-refractivity contribution is 7.89. The van der Waals surface area contributed by atoms with Crippen LogP contribution in [0.2, 0.25) is 0 Å². The number of rotatable bonds is 2. The molecule has 0 bridgehead atoms. The average molecular weight is 346 g/mol. The highest BCUT2D eigenvalue weighted by atomic mass is 32.2. The van der Waals surface area contributed by atoms with Crippen LogP contribution in [0.15, 0.2) is 0 Å². The summed E-state index contributed by atoms with van der Waals surface area (Å²) in [5.41, 5.74) is -0.523. The fourth-order valence-electron chi connectivity index (χ4n) is 3.17. The van der Waals surface area contributed by atoms with Crippen LogP contribution in [0.1, 0.15) is 20.3 Å². The van der Waals surface area contributed by atoms with Gasteiger partial charge in [-0.3, -0.25) is 4.79 Å². The number of urea groups is 1. The van der Waals surface area contributed by atoms with Crippen LogP contribution in [0.3, 0.4) is 0 Å². The van der Waals surface area contributed by atoms with Crippen LogP contribution < -0.4 is 0 Å². The van der Waals surface area contributed by atoms with Crippen molar-refractivity contribution in [1.29, 1.82) is 0 Å². The number of nitrogens with zero attached hydrogens (tertiary/aromatic N) is 4.